The summed E-state index contributed by atoms with van der Waals surface area (Å²) < 4.78 is 60.4. The summed E-state index contributed by atoms with van der Waals surface area (Å²) in [4.78, 5) is 18.6. The largest absolute Gasteiger partial charge is 0.416 e. The van der Waals surface area contributed by atoms with Gasteiger partial charge in [0, 0.05) is 33.4 Å². The number of benzene rings is 5. The molecule has 0 unspecified atom stereocenters. The van der Waals surface area contributed by atoms with Gasteiger partial charge in [-0.15, -0.1) is 0 Å². The molecule has 5 aromatic carbocycles. The molecule has 0 aliphatic rings. The van der Waals surface area contributed by atoms with Crippen molar-refractivity contribution in [1.82, 2.24) is 19.9 Å². The van der Waals surface area contributed by atoms with Gasteiger partial charge in [-0.2, -0.15) is 13.2 Å². The molecular weight excluding hydrogens is 600 g/mol. The molecule has 2 heterocycles. The van der Waals surface area contributed by atoms with Crippen LogP contribution in [0, 0.1) is 5.82 Å². The lowest BCUT2D eigenvalue weighted by molar-refractivity contribution is -0.137. The highest BCUT2D eigenvalue weighted by Crippen LogP contribution is 2.40. The van der Waals surface area contributed by atoms with E-state index in [1.165, 1.54) is 12.1 Å². The molecule has 0 aliphatic heterocycles. The van der Waals surface area contributed by atoms with E-state index in [9.17, 15) is 13.2 Å². The van der Waals surface area contributed by atoms with Crippen LogP contribution in [-0.2, 0) is 6.18 Å². The molecular formula is C39H24F4N4. The smallest absolute Gasteiger partial charge is 0.228 e. The van der Waals surface area contributed by atoms with Crippen molar-refractivity contribution in [3.05, 3.63) is 157 Å². The molecule has 0 radical (unpaired) electrons. The van der Waals surface area contributed by atoms with E-state index in [1.54, 1.807) is 48.5 Å². The van der Waals surface area contributed by atoms with Crippen LogP contribution in [-0.4, -0.2) is 19.9 Å². The van der Waals surface area contributed by atoms with Gasteiger partial charge in [0.15, 0.2) is 11.6 Å². The molecule has 7 rings (SSSR count). The third-order valence-electron chi connectivity index (χ3n) is 7.61. The van der Waals surface area contributed by atoms with Gasteiger partial charge in [-0.25, -0.2) is 24.3 Å². The molecule has 47 heavy (non-hydrogen) atoms. The third-order valence-corrected chi connectivity index (χ3v) is 7.61. The predicted octanol–water partition coefficient (Wildman–Crippen LogP) is 10.4. The van der Waals surface area contributed by atoms with Crippen molar-refractivity contribution in [2.45, 2.75) is 6.18 Å². The fourth-order valence-electron chi connectivity index (χ4n) is 5.28. The maximum absolute atomic E-state index is 16.9. The topological polar surface area (TPSA) is 51.6 Å². The van der Waals surface area contributed by atoms with E-state index in [0.29, 0.717) is 33.6 Å². The standard InChI is InChI=1S/C39H24F4N4/c40-36-30(34-23-32(25-13-5-1-6-14-25)44-37(46-34)27-17-9-3-10-18-27)21-29(39(41,42)43)22-31(36)35-24-33(26-15-7-2-8-16-26)45-38(47-35)28-19-11-4-12-20-28/h1-24H. The van der Waals surface area contributed by atoms with E-state index in [1.807, 2.05) is 72.8 Å². The number of rotatable bonds is 6. The third kappa shape index (κ3) is 6.26. The highest BCUT2D eigenvalue weighted by atomic mass is 19.4. The maximum atomic E-state index is 16.9. The van der Waals surface area contributed by atoms with Crippen molar-refractivity contribution in [3.63, 3.8) is 0 Å². The predicted molar refractivity (Wildman–Crippen MR) is 175 cm³/mol. The summed E-state index contributed by atoms with van der Waals surface area (Å²) in [5.74, 6) is -0.397. The van der Waals surface area contributed by atoms with Crippen molar-refractivity contribution < 1.29 is 17.6 Å². The van der Waals surface area contributed by atoms with Crippen LogP contribution >= 0.6 is 0 Å². The number of aromatic nitrogens is 4. The van der Waals surface area contributed by atoms with Crippen molar-refractivity contribution >= 4 is 0 Å². The van der Waals surface area contributed by atoms with Gasteiger partial charge in [0.2, 0.25) is 0 Å². The molecule has 2 aromatic heterocycles. The first-order valence-electron chi connectivity index (χ1n) is 14.7. The first-order valence-corrected chi connectivity index (χ1v) is 14.7. The Labute approximate surface area is 268 Å². The zero-order chi connectivity index (χ0) is 32.4. The minimum Gasteiger partial charge on any atom is -0.228 e. The second kappa shape index (κ2) is 12.4. The lowest BCUT2D eigenvalue weighted by Gasteiger charge is -2.16. The van der Waals surface area contributed by atoms with Crippen LogP contribution in [0.25, 0.3) is 67.8 Å². The van der Waals surface area contributed by atoms with E-state index in [0.717, 1.165) is 12.1 Å². The molecule has 0 saturated heterocycles. The van der Waals surface area contributed by atoms with Crippen LogP contribution in [0.4, 0.5) is 17.6 Å². The number of hydrogen-bond acceptors (Lipinski definition) is 4. The number of alkyl halides is 3. The second-order valence-corrected chi connectivity index (χ2v) is 10.8. The first kappa shape index (κ1) is 29.7. The molecule has 8 heteroatoms. The number of nitrogens with zero attached hydrogens (tertiary/aromatic N) is 4. The summed E-state index contributed by atoms with van der Waals surface area (Å²) in [5.41, 5.74) is 1.87. The average Bonchev–Trinajstić information content (AvgIpc) is 3.12. The van der Waals surface area contributed by atoms with Crippen molar-refractivity contribution in [2.75, 3.05) is 0 Å². The minimum atomic E-state index is -4.79. The van der Waals surface area contributed by atoms with Crippen LogP contribution in [0.5, 0.6) is 0 Å². The van der Waals surface area contributed by atoms with Gasteiger partial charge in [0.05, 0.1) is 28.3 Å². The molecule has 0 spiro atoms. The van der Waals surface area contributed by atoms with Crippen molar-refractivity contribution in [1.29, 1.82) is 0 Å². The van der Waals surface area contributed by atoms with Gasteiger partial charge in [0.1, 0.15) is 5.82 Å². The Kier molecular flexibility index (Phi) is 7.83. The second-order valence-electron chi connectivity index (χ2n) is 10.8. The summed E-state index contributed by atoms with van der Waals surface area (Å²) in [6.45, 7) is 0. The summed E-state index contributed by atoms with van der Waals surface area (Å²) in [6.07, 6.45) is -4.79. The van der Waals surface area contributed by atoms with Crippen LogP contribution in [0.3, 0.4) is 0 Å². The Morgan fingerprint density at radius 2 is 0.702 bits per heavy atom. The Morgan fingerprint density at radius 1 is 0.383 bits per heavy atom. The van der Waals surface area contributed by atoms with E-state index in [4.69, 9.17) is 9.97 Å². The molecule has 0 atom stereocenters. The normalized spacial score (nSPS) is 11.4. The summed E-state index contributed by atoms with van der Waals surface area (Å²) in [7, 11) is 0. The van der Waals surface area contributed by atoms with Gasteiger partial charge < -0.3 is 0 Å². The summed E-state index contributed by atoms with van der Waals surface area (Å²) in [5, 5.41) is 0. The summed E-state index contributed by atoms with van der Waals surface area (Å²) >= 11 is 0. The van der Waals surface area contributed by atoms with Gasteiger partial charge in [0.25, 0.3) is 0 Å². The fraction of sp³-hybridized carbons (Fsp3) is 0.0256. The zero-order valence-corrected chi connectivity index (χ0v) is 24.7. The van der Waals surface area contributed by atoms with Gasteiger partial charge >= 0.3 is 6.18 Å². The quantitative estimate of drug-likeness (QED) is 0.173. The zero-order valence-electron chi connectivity index (χ0n) is 24.7. The lowest BCUT2D eigenvalue weighted by atomic mass is 9.97. The van der Waals surface area contributed by atoms with Crippen LogP contribution in [0.2, 0.25) is 0 Å². The molecule has 0 saturated carbocycles. The molecule has 7 aromatic rings. The van der Waals surface area contributed by atoms with Gasteiger partial charge in [-0.3, -0.25) is 0 Å². The molecule has 0 bridgehead atoms. The summed E-state index contributed by atoms with van der Waals surface area (Å²) in [6, 6.07) is 40.9. The molecule has 228 valence electrons. The Bertz CT molecular complexity index is 1910. The highest BCUT2D eigenvalue weighted by Gasteiger charge is 2.33. The van der Waals surface area contributed by atoms with E-state index >= 15 is 4.39 Å². The molecule has 0 N–H and O–H groups in total. The van der Waals surface area contributed by atoms with E-state index in [2.05, 4.69) is 9.97 Å². The monoisotopic (exact) mass is 624 g/mol. The SMILES string of the molecule is Fc1c(-c2cc(-c3ccccc3)nc(-c3ccccc3)n2)cc(C(F)(F)F)cc1-c1cc(-c2ccccc2)nc(-c2ccccc2)n1. The number of hydrogen-bond donors (Lipinski definition) is 0. The molecule has 4 nitrogen and oxygen atoms in total. The van der Waals surface area contributed by atoms with Gasteiger partial charge in [-0.1, -0.05) is 121 Å². The Balaban J connectivity index is 1.49. The van der Waals surface area contributed by atoms with Gasteiger partial charge in [-0.05, 0) is 24.3 Å². The van der Waals surface area contributed by atoms with E-state index < -0.39 is 17.6 Å². The number of halogens is 4. The minimum absolute atomic E-state index is 0.00294. The fourth-order valence-corrected chi connectivity index (χ4v) is 5.28. The maximum Gasteiger partial charge on any atom is 0.416 e. The molecule has 0 fully saturated rings. The molecule has 0 amide bonds. The lowest BCUT2D eigenvalue weighted by Crippen LogP contribution is -2.08. The average molecular weight is 625 g/mol. The van der Waals surface area contributed by atoms with Crippen LogP contribution < -0.4 is 0 Å². The van der Waals surface area contributed by atoms with Crippen molar-refractivity contribution in [3.8, 4) is 67.8 Å². The van der Waals surface area contributed by atoms with E-state index in [-0.39, 0.29) is 34.2 Å². The first-order chi connectivity index (χ1) is 22.8. The Morgan fingerprint density at radius 3 is 1.04 bits per heavy atom. The Hall–Kier alpha value is -6.02. The molecule has 0 aliphatic carbocycles. The van der Waals surface area contributed by atoms with Crippen LogP contribution in [0.15, 0.2) is 146 Å². The highest BCUT2D eigenvalue weighted by molar-refractivity contribution is 5.79. The van der Waals surface area contributed by atoms with Crippen molar-refractivity contribution in [2.24, 2.45) is 0 Å². The van der Waals surface area contributed by atoms with Crippen LogP contribution in [0.1, 0.15) is 5.56 Å².